The van der Waals surface area contributed by atoms with Gasteiger partial charge in [-0.25, -0.2) is 9.59 Å². The monoisotopic (exact) mass is 627 g/mol. The lowest BCUT2D eigenvalue weighted by Crippen LogP contribution is -2.53. The summed E-state index contributed by atoms with van der Waals surface area (Å²) < 4.78 is 7.06. The minimum atomic E-state index is -0.775. The highest BCUT2D eigenvalue weighted by Crippen LogP contribution is 2.39. The molecule has 2 aromatic rings. The number of likely N-dealkylation sites (tertiary alicyclic amines) is 1. The summed E-state index contributed by atoms with van der Waals surface area (Å²) in [5.74, 6) is -1.63. The van der Waals surface area contributed by atoms with Crippen LogP contribution in [0.5, 0.6) is 0 Å². The van der Waals surface area contributed by atoms with Gasteiger partial charge in [-0.3, -0.25) is 19.0 Å². The summed E-state index contributed by atoms with van der Waals surface area (Å²) in [6.45, 7) is 9.70. The molecule has 248 valence electrons. The van der Waals surface area contributed by atoms with Gasteiger partial charge in [-0.2, -0.15) is 0 Å². The fourth-order valence-electron chi connectivity index (χ4n) is 5.59. The molecule has 1 aliphatic carbocycles. The lowest BCUT2D eigenvalue weighted by molar-refractivity contribution is -0.139. The van der Waals surface area contributed by atoms with Gasteiger partial charge in [0, 0.05) is 12.6 Å². The van der Waals surface area contributed by atoms with Crippen LogP contribution in [0, 0.1) is 11.8 Å². The van der Waals surface area contributed by atoms with Crippen molar-refractivity contribution in [2.75, 3.05) is 6.54 Å². The molecule has 0 spiro atoms. The number of carbonyl (C=O) groups is 4. The number of unbranched alkanes of at least 4 members (excludes halogenated alkanes) is 3. The van der Waals surface area contributed by atoms with E-state index in [9.17, 15) is 24.0 Å². The van der Waals surface area contributed by atoms with Crippen molar-refractivity contribution in [1.82, 2.24) is 19.8 Å². The number of carbonyl (C=O) groups excluding carboxylic acids is 3. The average molecular weight is 628 g/mol. The van der Waals surface area contributed by atoms with Crippen LogP contribution in [0.25, 0.3) is 11.0 Å². The second kappa shape index (κ2) is 15.8. The number of aromatic nitrogens is 2. The molecule has 1 aliphatic heterocycles. The fraction of sp³-hybridized carbons (Fsp3) is 0.606. The van der Waals surface area contributed by atoms with E-state index in [4.69, 9.17) is 15.6 Å². The number of primary amides is 1. The van der Waals surface area contributed by atoms with Crippen LogP contribution in [-0.4, -0.2) is 67.7 Å². The Hall–Kier alpha value is -4.09. The normalized spacial score (nSPS) is 20.1. The van der Waals surface area contributed by atoms with Crippen molar-refractivity contribution in [3.8, 4) is 0 Å². The molecule has 0 radical (unpaired) electrons. The third kappa shape index (κ3) is 10.5. The molecule has 1 saturated heterocycles. The number of aromatic amines is 1. The molecule has 2 heterocycles. The Morgan fingerprint density at radius 1 is 1.16 bits per heavy atom. The molecule has 4 atom stereocenters. The lowest BCUT2D eigenvalue weighted by atomic mass is 10.0. The van der Waals surface area contributed by atoms with Gasteiger partial charge in [-0.05, 0) is 91.2 Å². The molecule has 1 aromatic carbocycles. The summed E-state index contributed by atoms with van der Waals surface area (Å²) in [7, 11) is 0. The molecule has 3 amide bonds. The van der Waals surface area contributed by atoms with Gasteiger partial charge in [0.15, 0.2) is 0 Å². The van der Waals surface area contributed by atoms with Crippen molar-refractivity contribution >= 4 is 34.9 Å². The number of carboxylic acids is 1. The van der Waals surface area contributed by atoms with Gasteiger partial charge in [0.05, 0.1) is 17.0 Å². The highest BCUT2D eigenvalue weighted by Gasteiger charge is 2.41. The third-order valence-electron chi connectivity index (χ3n) is 7.90. The molecule has 3 unspecified atom stereocenters. The summed E-state index contributed by atoms with van der Waals surface area (Å²) >= 11 is 0. The number of H-pyrrole nitrogens is 1. The van der Waals surface area contributed by atoms with Crippen LogP contribution in [0.4, 0.5) is 4.79 Å². The Balaban J connectivity index is 0.000000350. The number of para-hydroxylation sites is 2. The van der Waals surface area contributed by atoms with Gasteiger partial charge in [0.25, 0.3) is 0 Å². The third-order valence-corrected chi connectivity index (χ3v) is 7.90. The number of hydrogen-bond acceptors (Lipinski definition) is 6. The molecule has 45 heavy (non-hydrogen) atoms. The number of ether oxygens (including phenoxy) is 1. The number of nitrogens with one attached hydrogen (secondary N) is 2. The molecule has 1 aromatic heterocycles. The van der Waals surface area contributed by atoms with E-state index in [0.717, 1.165) is 43.1 Å². The first kappa shape index (κ1) is 35.4. The van der Waals surface area contributed by atoms with Crippen LogP contribution in [0.2, 0.25) is 0 Å². The molecule has 5 N–H and O–H groups in total. The molecule has 4 rings (SSSR count). The Kier molecular flexibility index (Phi) is 12.4. The summed E-state index contributed by atoms with van der Waals surface area (Å²) in [5.41, 5.74) is 6.61. The predicted octanol–water partition coefficient (Wildman–Crippen LogP) is 4.49. The number of hydrogen-bond donors (Lipinski definition) is 4. The molecule has 12 heteroatoms. The van der Waals surface area contributed by atoms with E-state index in [0.29, 0.717) is 25.8 Å². The van der Waals surface area contributed by atoms with Gasteiger partial charge >= 0.3 is 17.8 Å². The van der Waals surface area contributed by atoms with E-state index in [1.54, 1.807) is 25.3 Å². The number of nitrogens with zero attached hydrogens (tertiary/aromatic N) is 2. The second-order valence-electron chi connectivity index (χ2n) is 13.1. The number of amides is 3. The number of aliphatic carboxylic acids is 1. The standard InChI is InChI=1S/C23H37N3O6.C10H12N2O/c1-23(2,3)32-22(31)25-17(20(28)26-13-9-12-18(26)19(24)27)11-8-6-4-5-7-10-15-14-16(15)21(29)30;1-7(2)12-9-6-4-3-5-8(9)11-10(12)13/h7,10,15-18H,4-6,8-9,11-14H2,1-3H3,(H2,24,27)(H,25,31)(H,29,30);3-7H,1-2H3,(H,11,13)/b10-7-;/t15?,16?,17-,18?;/m0./s1. The quantitative estimate of drug-likeness (QED) is 0.198. The van der Waals surface area contributed by atoms with Crippen LogP contribution >= 0.6 is 0 Å². The first-order valence-corrected chi connectivity index (χ1v) is 15.9. The molecule has 2 aliphatic rings. The van der Waals surface area contributed by atoms with E-state index >= 15 is 0 Å². The lowest BCUT2D eigenvalue weighted by Gasteiger charge is -2.28. The van der Waals surface area contributed by atoms with E-state index in [-0.39, 0.29) is 29.5 Å². The van der Waals surface area contributed by atoms with Crippen molar-refractivity contribution in [2.45, 2.75) is 110 Å². The second-order valence-corrected chi connectivity index (χ2v) is 13.1. The van der Waals surface area contributed by atoms with Crippen LogP contribution in [0.15, 0.2) is 41.2 Å². The van der Waals surface area contributed by atoms with Crippen LogP contribution in [-0.2, 0) is 19.1 Å². The maximum absolute atomic E-state index is 13.1. The van der Waals surface area contributed by atoms with Gasteiger partial charge in [-0.1, -0.05) is 37.1 Å². The zero-order valence-electron chi connectivity index (χ0n) is 27.1. The van der Waals surface area contributed by atoms with Gasteiger partial charge in [-0.15, -0.1) is 0 Å². The molecular formula is C33H49N5O7. The topological polar surface area (TPSA) is 177 Å². The van der Waals surface area contributed by atoms with Crippen molar-refractivity contribution < 1.29 is 29.0 Å². The average Bonchev–Trinajstić information content (AvgIpc) is 3.39. The number of benzene rings is 1. The fourth-order valence-corrected chi connectivity index (χ4v) is 5.59. The first-order chi connectivity index (χ1) is 21.2. The number of allylic oxidation sites excluding steroid dienone is 2. The minimum absolute atomic E-state index is 0.0313. The molecule has 0 bridgehead atoms. The number of fused-ring (bicyclic) bond motifs is 1. The van der Waals surface area contributed by atoms with Gasteiger partial charge in [0.1, 0.15) is 17.7 Å². The number of carboxylic acid groups (broad SMARTS) is 1. The van der Waals surface area contributed by atoms with Crippen molar-refractivity contribution in [3.05, 3.63) is 46.9 Å². The molecule has 1 saturated carbocycles. The zero-order valence-corrected chi connectivity index (χ0v) is 27.1. The van der Waals surface area contributed by atoms with Crippen molar-refractivity contribution in [3.63, 3.8) is 0 Å². The number of alkyl carbamates (subject to hydrolysis) is 1. The van der Waals surface area contributed by atoms with E-state index in [2.05, 4.69) is 10.3 Å². The highest BCUT2D eigenvalue weighted by molar-refractivity contribution is 5.91. The minimum Gasteiger partial charge on any atom is -0.481 e. The maximum Gasteiger partial charge on any atom is 0.408 e. The Morgan fingerprint density at radius 2 is 1.87 bits per heavy atom. The summed E-state index contributed by atoms with van der Waals surface area (Å²) in [6.07, 6.45) is 9.06. The van der Waals surface area contributed by atoms with E-state index in [1.807, 2.05) is 50.3 Å². The number of imidazole rings is 1. The first-order valence-electron chi connectivity index (χ1n) is 15.9. The van der Waals surface area contributed by atoms with E-state index in [1.165, 1.54) is 4.90 Å². The SMILES string of the molecule is CC(C)(C)OC(=O)N[C@@H](CCCCC/C=C\C1CC1C(=O)O)C(=O)N1CCCC1C(N)=O.CC(C)n1c(=O)[nH]c2ccccc21. The summed E-state index contributed by atoms with van der Waals surface area (Å²) in [6, 6.07) is 6.51. The zero-order chi connectivity index (χ0) is 33.3. The van der Waals surface area contributed by atoms with Crippen LogP contribution < -0.4 is 16.7 Å². The Morgan fingerprint density at radius 3 is 2.49 bits per heavy atom. The van der Waals surface area contributed by atoms with Crippen LogP contribution in [0.1, 0.15) is 92.0 Å². The maximum atomic E-state index is 13.1. The van der Waals surface area contributed by atoms with Gasteiger partial charge in [0.2, 0.25) is 11.8 Å². The predicted molar refractivity (Wildman–Crippen MR) is 171 cm³/mol. The Bertz CT molecular complexity index is 1420. The van der Waals surface area contributed by atoms with Crippen molar-refractivity contribution in [1.29, 1.82) is 0 Å². The molecule has 12 nitrogen and oxygen atoms in total. The summed E-state index contributed by atoms with van der Waals surface area (Å²) in [4.78, 5) is 63.7. The molecular weight excluding hydrogens is 578 g/mol. The largest absolute Gasteiger partial charge is 0.481 e. The van der Waals surface area contributed by atoms with Crippen molar-refractivity contribution in [2.24, 2.45) is 17.6 Å². The smallest absolute Gasteiger partial charge is 0.408 e. The van der Waals surface area contributed by atoms with Crippen LogP contribution in [0.3, 0.4) is 0 Å². The number of nitrogens with two attached hydrogens (primary N) is 1. The highest BCUT2D eigenvalue weighted by atomic mass is 16.6. The number of rotatable bonds is 12. The Labute approximate surface area is 264 Å². The van der Waals surface area contributed by atoms with Gasteiger partial charge < -0.3 is 30.8 Å². The summed E-state index contributed by atoms with van der Waals surface area (Å²) in [5, 5.41) is 11.6. The van der Waals surface area contributed by atoms with E-state index < -0.39 is 35.7 Å². The molecule has 2 fully saturated rings.